The van der Waals surface area contributed by atoms with Crippen LogP contribution in [0.5, 0.6) is 0 Å². The van der Waals surface area contributed by atoms with E-state index in [1.54, 1.807) is 31.2 Å². The highest BCUT2D eigenvalue weighted by molar-refractivity contribution is 6.46. The van der Waals surface area contributed by atoms with Crippen LogP contribution in [0.2, 0.25) is 0 Å². The van der Waals surface area contributed by atoms with Crippen LogP contribution in [-0.2, 0) is 33.7 Å². The first-order valence-electron chi connectivity index (χ1n) is 12.7. The van der Waals surface area contributed by atoms with Crippen molar-refractivity contribution in [1.82, 2.24) is 4.90 Å². The van der Waals surface area contributed by atoms with Crippen LogP contribution in [0.25, 0.3) is 5.76 Å². The van der Waals surface area contributed by atoms with Crippen molar-refractivity contribution < 1.29 is 24.2 Å². The van der Waals surface area contributed by atoms with Gasteiger partial charge in [0.15, 0.2) is 0 Å². The van der Waals surface area contributed by atoms with E-state index in [4.69, 9.17) is 4.74 Å². The number of carbonyl (C=O) groups is 3. The summed E-state index contributed by atoms with van der Waals surface area (Å²) in [7, 11) is 0. The first-order valence-corrected chi connectivity index (χ1v) is 12.7. The molecule has 1 aliphatic heterocycles. The van der Waals surface area contributed by atoms with Gasteiger partial charge in [-0.1, -0.05) is 54.6 Å². The van der Waals surface area contributed by atoms with Gasteiger partial charge in [-0.25, -0.2) is 4.79 Å². The van der Waals surface area contributed by atoms with E-state index >= 15 is 0 Å². The third-order valence-electron chi connectivity index (χ3n) is 7.10. The van der Waals surface area contributed by atoms with Gasteiger partial charge >= 0.3 is 5.97 Å². The van der Waals surface area contributed by atoms with Crippen molar-refractivity contribution in [3.63, 3.8) is 0 Å². The van der Waals surface area contributed by atoms with E-state index in [1.165, 1.54) is 16.0 Å². The molecular weight excluding hydrogens is 466 g/mol. The van der Waals surface area contributed by atoms with Crippen molar-refractivity contribution in [3.8, 4) is 0 Å². The molecule has 1 amide bonds. The second kappa shape index (κ2) is 10.4. The zero-order chi connectivity index (χ0) is 25.9. The van der Waals surface area contributed by atoms with Gasteiger partial charge in [-0.3, -0.25) is 9.59 Å². The number of nitrogens with zero attached hydrogens (tertiary/aromatic N) is 1. The number of aliphatic hydroxyl groups excluding tert-OH is 1. The molecule has 0 aromatic heterocycles. The van der Waals surface area contributed by atoms with Crippen LogP contribution in [0.15, 0.2) is 78.4 Å². The maximum absolute atomic E-state index is 13.3. The third kappa shape index (κ3) is 4.79. The molecule has 0 saturated carbocycles. The number of hydrogen-bond donors (Lipinski definition) is 1. The fourth-order valence-electron chi connectivity index (χ4n) is 5.22. The standard InChI is InChI=1S/C31H29NO5/c1-2-37-31(36)23-14-12-20(13-15-23)19-32-27(22-9-4-3-5-10-22)26(29(34)30(32)35)28(33)25-17-16-21-8-6-7-11-24(21)18-25/h3-5,9-10,12-18,27,33H,2,6-8,11,19H2,1H3/b28-26-. The number of carbonyl (C=O) groups excluding carboxylic acids is 3. The molecule has 1 aliphatic carbocycles. The molecule has 37 heavy (non-hydrogen) atoms. The van der Waals surface area contributed by atoms with Crippen LogP contribution in [0.3, 0.4) is 0 Å². The number of aliphatic hydroxyl groups is 1. The Morgan fingerprint density at radius 1 is 0.919 bits per heavy atom. The molecule has 2 aliphatic rings. The SMILES string of the molecule is CCOC(=O)c1ccc(CN2C(=O)C(=O)/C(=C(\O)c3ccc4c(c3)CCCC4)C2c2ccccc2)cc1. The maximum atomic E-state index is 13.3. The van der Waals surface area contributed by atoms with Crippen molar-refractivity contribution >= 4 is 23.4 Å². The summed E-state index contributed by atoms with van der Waals surface area (Å²) in [4.78, 5) is 40.1. The molecule has 1 heterocycles. The highest BCUT2D eigenvalue weighted by Gasteiger charge is 2.46. The number of esters is 1. The van der Waals surface area contributed by atoms with Gasteiger partial charge in [0.25, 0.3) is 11.7 Å². The van der Waals surface area contributed by atoms with Crippen molar-refractivity contribution in [2.75, 3.05) is 6.61 Å². The molecule has 3 aromatic carbocycles. The summed E-state index contributed by atoms with van der Waals surface area (Å²) in [6.45, 7) is 2.18. The van der Waals surface area contributed by atoms with Crippen LogP contribution in [0.4, 0.5) is 0 Å². The Kier molecular flexibility index (Phi) is 6.91. The highest BCUT2D eigenvalue weighted by Crippen LogP contribution is 2.40. The molecule has 188 valence electrons. The van der Waals surface area contributed by atoms with Crippen LogP contribution in [0.1, 0.15) is 64.0 Å². The lowest BCUT2D eigenvalue weighted by atomic mass is 9.88. The molecule has 1 atom stereocenters. The minimum Gasteiger partial charge on any atom is -0.507 e. The number of rotatable bonds is 6. The Morgan fingerprint density at radius 2 is 1.59 bits per heavy atom. The molecule has 0 radical (unpaired) electrons. The first kappa shape index (κ1) is 24.5. The minimum atomic E-state index is -0.734. The summed E-state index contributed by atoms with van der Waals surface area (Å²) < 4.78 is 5.04. The fraction of sp³-hybridized carbons (Fsp3) is 0.258. The van der Waals surface area contributed by atoms with Gasteiger partial charge in [0.2, 0.25) is 0 Å². The quantitative estimate of drug-likeness (QED) is 0.215. The number of hydrogen-bond acceptors (Lipinski definition) is 5. The molecule has 0 spiro atoms. The Labute approximate surface area is 216 Å². The molecule has 3 aromatic rings. The van der Waals surface area contributed by atoms with Crippen molar-refractivity contribution in [3.05, 3.63) is 112 Å². The van der Waals surface area contributed by atoms with E-state index in [9.17, 15) is 19.5 Å². The summed E-state index contributed by atoms with van der Waals surface area (Å²) in [5.41, 5.74) is 5.01. The predicted octanol–water partition coefficient (Wildman–Crippen LogP) is 5.36. The second-order valence-electron chi connectivity index (χ2n) is 9.45. The highest BCUT2D eigenvalue weighted by atomic mass is 16.5. The van der Waals surface area contributed by atoms with Gasteiger partial charge in [0.1, 0.15) is 5.76 Å². The third-order valence-corrected chi connectivity index (χ3v) is 7.10. The smallest absolute Gasteiger partial charge is 0.338 e. The largest absolute Gasteiger partial charge is 0.507 e. The Hall–Kier alpha value is -4.19. The molecule has 6 nitrogen and oxygen atoms in total. The molecule has 6 heteroatoms. The van der Waals surface area contributed by atoms with E-state index in [1.807, 2.05) is 48.5 Å². The van der Waals surface area contributed by atoms with Gasteiger partial charge in [0.05, 0.1) is 23.8 Å². The topological polar surface area (TPSA) is 83.9 Å². The summed E-state index contributed by atoms with van der Waals surface area (Å²) >= 11 is 0. The number of likely N-dealkylation sites (tertiary alicyclic amines) is 1. The van der Waals surface area contributed by atoms with Crippen LogP contribution < -0.4 is 0 Å². The van der Waals surface area contributed by atoms with E-state index < -0.39 is 23.7 Å². The molecule has 1 unspecified atom stereocenters. The van der Waals surface area contributed by atoms with Crippen molar-refractivity contribution in [2.45, 2.75) is 45.2 Å². The lowest BCUT2D eigenvalue weighted by Crippen LogP contribution is -2.29. The van der Waals surface area contributed by atoms with Crippen molar-refractivity contribution in [1.29, 1.82) is 0 Å². The zero-order valence-corrected chi connectivity index (χ0v) is 20.8. The van der Waals surface area contributed by atoms with Gasteiger partial charge < -0.3 is 14.7 Å². The Balaban J connectivity index is 1.53. The lowest BCUT2D eigenvalue weighted by Gasteiger charge is -2.25. The fourth-order valence-corrected chi connectivity index (χ4v) is 5.22. The number of Topliss-reactive ketones (excluding diaryl/α,β-unsaturated/α-hetero) is 1. The van der Waals surface area contributed by atoms with Crippen molar-refractivity contribution in [2.24, 2.45) is 0 Å². The average Bonchev–Trinajstić information content (AvgIpc) is 3.18. The van der Waals surface area contributed by atoms with E-state index in [0.29, 0.717) is 11.1 Å². The molecule has 5 rings (SSSR count). The van der Waals surface area contributed by atoms with Gasteiger partial charge in [-0.05, 0) is 73.1 Å². The van der Waals surface area contributed by atoms with E-state index in [0.717, 1.165) is 36.8 Å². The van der Waals surface area contributed by atoms with E-state index in [2.05, 4.69) is 0 Å². The van der Waals surface area contributed by atoms with Crippen LogP contribution >= 0.6 is 0 Å². The molecular formula is C31H29NO5. The summed E-state index contributed by atoms with van der Waals surface area (Å²) in [6.07, 6.45) is 4.20. The number of ketones is 1. The monoisotopic (exact) mass is 495 g/mol. The first-order chi connectivity index (χ1) is 18.0. The van der Waals surface area contributed by atoms with Crippen LogP contribution in [-0.4, -0.2) is 34.3 Å². The number of fused-ring (bicyclic) bond motifs is 1. The Morgan fingerprint density at radius 3 is 2.30 bits per heavy atom. The normalized spacial score (nSPS) is 18.5. The summed E-state index contributed by atoms with van der Waals surface area (Å²) in [5, 5.41) is 11.4. The molecule has 1 saturated heterocycles. The number of amides is 1. The summed E-state index contributed by atoms with van der Waals surface area (Å²) in [5.74, 6) is -1.93. The number of benzene rings is 3. The summed E-state index contributed by atoms with van der Waals surface area (Å²) in [6, 6.07) is 21.1. The Bertz CT molecular complexity index is 1370. The van der Waals surface area contributed by atoms with E-state index in [-0.39, 0.29) is 24.5 Å². The maximum Gasteiger partial charge on any atom is 0.338 e. The molecule has 1 fully saturated rings. The van der Waals surface area contributed by atoms with Gasteiger partial charge in [-0.15, -0.1) is 0 Å². The van der Waals surface area contributed by atoms with Gasteiger partial charge in [-0.2, -0.15) is 0 Å². The molecule has 0 bridgehead atoms. The van der Waals surface area contributed by atoms with Crippen LogP contribution in [0, 0.1) is 0 Å². The zero-order valence-electron chi connectivity index (χ0n) is 20.8. The predicted molar refractivity (Wildman–Crippen MR) is 140 cm³/mol. The second-order valence-corrected chi connectivity index (χ2v) is 9.45. The molecule has 1 N–H and O–H groups in total. The van der Waals surface area contributed by atoms with Gasteiger partial charge in [0, 0.05) is 12.1 Å². The number of aryl methyl sites for hydroxylation is 2. The number of ether oxygens (including phenoxy) is 1. The minimum absolute atomic E-state index is 0.0927. The average molecular weight is 496 g/mol. The lowest BCUT2D eigenvalue weighted by molar-refractivity contribution is -0.140.